The number of imidazole rings is 1. The molecule has 0 bridgehead atoms. The average Bonchev–Trinajstić information content (AvgIpc) is 3.15. The van der Waals surface area contributed by atoms with Crippen LogP contribution in [0.2, 0.25) is 0 Å². The highest BCUT2D eigenvalue weighted by atomic mass is 32.2. The third-order valence-electron chi connectivity index (χ3n) is 5.42. The monoisotopic (exact) mass is 428 g/mol. The summed E-state index contributed by atoms with van der Waals surface area (Å²) in [6, 6.07) is 10.6. The van der Waals surface area contributed by atoms with E-state index in [0.29, 0.717) is 19.5 Å². The van der Waals surface area contributed by atoms with E-state index in [1.54, 1.807) is 17.7 Å². The fourth-order valence-electron chi connectivity index (χ4n) is 4.02. The molecule has 8 heteroatoms. The van der Waals surface area contributed by atoms with E-state index in [-0.39, 0.29) is 16.8 Å². The topological polar surface area (TPSA) is 68.1 Å². The molecule has 6 nitrogen and oxygen atoms in total. The summed E-state index contributed by atoms with van der Waals surface area (Å²) in [5.74, 6) is -0.232. The lowest BCUT2D eigenvalue weighted by Gasteiger charge is -2.31. The second kappa shape index (κ2) is 8.28. The molecular formula is C22H25FN4O2S. The van der Waals surface area contributed by atoms with Crippen LogP contribution in [0.1, 0.15) is 41.3 Å². The van der Waals surface area contributed by atoms with Crippen molar-refractivity contribution in [3.05, 3.63) is 77.3 Å². The second-order valence-corrected chi connectivity index (χ2v) is 9.81. The summed E-state index contributed by atoms with van der Waals surface area (Å²) in [6.07, 6.45) is 5.28. The van der Waals surface area contributed by atoms with Gasteiger partial charge < -0.3 is 4.57 Å². The van der Waals surface area contributed by atoms with Crippen molar-refractivity contribution in [2.24, 2.45) is 7.05 Å². The van der Waals surface area contributed by atoms with Crippen molar-refractivity contribution in [3.63, 3.8) is 0 Å². The fraction of sp³-hybridized carbons (Fsp3) is 0.364. The molecule has 4 rings (SSSR count). The van der Waals surface area contributed by atoms with Gasteiger partial charge in [0.2, 0.25) is 0 Å². The van der Waals surface area contributed by atoms with Gasteiger partial charge >= 0.3 is 0 Å². The zero-order chi connectivity index (χ0) is 21.3. The number of nitrogens with zero attached hydrogens (tertiary/aromatic N) is 4. The third-order valence-corrected chi connectivity index (χ3v) is 7.17. The lowest BCUT2D eigenvalue weighted by molar-refractivity contribution is 0.311. The minimum Gasteiger partial charge on any atom is -0.339 e. The number of aryl methyl sites for hydroxylation is 2. The number of hydrogen-bond donors (Lipinski definition) is 0. The molecule has 30 heavy (non-hydrogen) atoms. The van der Waals surface area contributed by atoms with E-state index in [1.165, 1.54) is 29.0 Å². The van der Waals surface area contributed by atoms with Crippen LogP contribution in [-0.2, 0) is 23.5 Å². The van der Waals surface area contributed by atoms with E-state index < -0.39 is 10.0 Å². The molecule has 1 atom stereocenters. The molecule has 1 saturated heterocycles. The first-order valence-electron chi connectivity index (χ1n) is 10.0. The molecule has 0 aliphatic carbocycles. The molecule has 0 radical (unpaired) electrons. The highest BCUT2D eigenvalue weighted by Crippen LogP contribution is 2.30. The maximum atomic E-state index is 13.5. The molecule has 1 aliphatic heterocycles. The highest BCUT2D eigenvalue weighted by Gasteiger charge is 2.33. The van der Waals surface area contributed by atoms with Gasteiger partial charge in [-0.05, 0) is 61.6 Å². The fourth-order valence-corrected chi connectivity index (χ4v) is 5.51. The number of sulfonamides is 1. The summed E-state index contributed by atoms with van der Waals surface area (Å²) in [5, 5.41) is 0.0784. The number of piperidine rings is 1. The Balaban J connectivity index is 1.57. The number of pyridine rings is 1. The molecular weight excluding hydrogens is 403 g/mol. The number of aromatic nitrogens is 3. The first-order valence-corrected chi connectivity index (χ1v) is 11.5. The molecule has 3 heterocycles. The molecule has 1 aromatic carbocycles. The zero-order valence-corrected chi connectivity index (χ0v) is 17.9. The number of halogens is 1. The lowest BCUT2D eigenvalue weighted by Crippen LogP contribution is -2.39. The summed E-state index contributed by atoms with van der Waals surface area (Å²) >= 11 is 0. The molecule has 158 valence electrons. The van der Waals surface area contributed by atoms with Gasteiger partial charge in [-0.25, -0.2) is 17.8 Å². The van der Waals surface area contributed by atoms with Crippen LogP contribution in [0.3, 0.4) is 0 Å². The van der Waals surface area contributed by atoms with Crippen molar-refractivity contribution in [3.8, 4) is 0 Å². The van der Waals surface area contributed by atoms with Gasteiger partial charge in [-0.3, -0.25) is 4.98 Å². The summed E-state index contributed by atoms with van der Waals surface area (Å²) in [5.41, 5.74) is 3.72. The first kappa shape index (κ1) is 20.7. The zero-order valence-electron chi connectivity index (χ0n) is 17.1. The van der Waals surface area contributed by atoms with Gasteiger partial charge in [0.15, 0.2) is 5.03 Å². The van der Waals surface area contributed by atoms with E-state index in [2.05, 4.69) is 4.98 Å². The minimum atomic E-state index is -3.62. The van der Waals surface area contributed by atoms with Crippen molar-refractivity contribution in [1.82, 2.24) is 18.8 Å². The van der Waals surface area contributed by atoms with E-state index in [4.69, 9.17) is 4.98 Å². The van der Waals surface area contributed by atoms with E-state index in [1.807, 2.05) is 25.1 Å². The van der Waals surface area contributed by atoms with Crippen LogP contribution in [0.4, 0.5) is 4.39 Å². The van der Waals surface area contributed by atoms with Gasteiger partial charge in [-0.15, -0.1) is 0 Å². The SMILES string of the molecule is Cc1cc(Cc2cccc(F)c2)cc([C@H]2CCCN(S(=O)(=O)c3cn(C)cn3)C2)n1. The summed E-state index contributed by atoms with van der Waals surface area (Å²) in [7, 11) is -1.87. The summed E-state index contributed by atoms with van der Waals surface area (Å²) < 4.78 is 42.6. The first-order chi connectivity index (χ1) is 14.3. The van der Waals surface area contributed by atoms with Gasteiger partial charge in [-0.1, -0.05) is 12.1 Å². The van der Waals surface area contributed by atoms with E-state index in [0.717, 1.165) is 35.4 Å². The Labute approximate surface area is 176 Å². The largest absolute Gasteiger partial charge is 0.339 e. The number of rotatable bonds is 5. The predicted molar refractivity (Wildman–Crippen MR) is 112 cm³/mol. The van der Waals surface area contributed by atoms with Gasteiger partial charge in [0, 0.05) is 43.6 Å². The standard InChI is InChI=1S/C22H25FN4O2S/c1-16-9-18(10-17-5-3-7-20(23)11-17)12-21(25-16)19-6-4-8-27(13-19)30(28,29)22-14-26(2)15-24-22/h3,5,7,9,11-12,14-15,19H,4,6,8,10,13H2,1-2H3/t19-/m0/s1. The Bertz CT molecular complexity index is 1160. The van der Waals surface area contributed by atoms with Crippen molar-refractivity contribution >= 4 is 10.0 Å². The second-order valence-electron chi connectivity index (χ2n) is 7.93. The molecule has 1 aliphatic rings. The van der Waals surface area contributed by atoms with Crippen LogP contribution in [0.15, 0.2) is 53.9 Å². The van der Waals surface area contributed by atoms with Gasteiger partial charge in [0.05, 0.1) is 6.33 Å². The molecule has 2 aromatic heterocycles. The van der Waals surface area contributed by atoms with Crippen LogP contribution in [-0.4, -0.2) is 40.3 Å². The smallest absolute Gasteiger partial charge is 0.262 e. The lowest BCUT2D eigenvalue weighted by atomic mass is 9.93. The third kappa shape index (κ3) is 4.44. The minimum absolute atomic E-state index is 0.0170. The van der Waals surface area contributed by atoms with Crippen LogP contribution in [0.25, 0.3) is 0 Å². The van der Waals surface area contributed by atoms with Crippen molar-refractivity contribution < 1.29 is 12.8 Å². The van der Waals surface area contributed by atoms with Crippen LogP contribution in [0.5, 0.6) is 0 Å². The average molecular weight is 429 g/mol. The van der Waals surface area contributed by atoms with E-state index in [9.17, 15) is 12.8 Å². The van der Waals surface area contributed by atoms with Crippen LogP contribution < -0.4 is 0 Å². The maximum Gasteiger partial charge on any atom is 0.262 e. The van der Waals surface area contributed by atoms with Gasteiger partial charge in [0.1, 0.15) is 5.82 Å². The molecule has 0 unspecified atom stereocenters. The van der Waals surface area contributed by atoms with E-state index >= 15 is 0 Å². The molecule has 1 fully saturated rings. The molecule has 3 aromatic rings. The van der Waals surface area contributed by atoms with Gasteiger partial charge in [-0.2, -0.15) is 4.31 Å². The summed E-state index contributed by atoms with van der Waals surface area (Å²) in [6.45, 7) is 2.80. The molecule has 0 amide bonds. The molecule has 0 N–H and O–H groups in total. The van der Waals surface area contributed by atoms with Crippen molar-refractivity contribution in [2.75, 3.05) is 13.1 Å². The Hall–Kier alpha value is -2.58. The Kier molecular flexibility index (Phi) is 5.71. The Morgan fingerprint density at radius 3 is 2.77 bits per heavy atom. The van der Waals surface area contributed by atoms with Gasteiger partial charge in [0.25, 0.3) is 10.0 Å². The van der Waals surface area contributed by atoms with Crippen molar-refractivity contribution in [2.45, 2.75) is 37.1 Å². The number of benzene rings is 1. The van der Waals surface area contributed by atoms with Crippen molar-refractivity contribution in [1.29, 1.82) is 0 Å². The normalized spacial score (nSPS) is 17.9. The van der Waals surface area contributed by atoms with Crippen LogP contribution in [0, 0.1) is 12.7 Å². The molecule has 0 spiro atoms. The quantitative estimate of drug-likeness (QED) is 0.625. The Morgan fingerprint density at radius 2 is 2.03 bits per heavy atom. The molecule has 0 saturated carbocycles. The number of hydrogen-bond acceptors (Lipinski definition) is 4. The predicted octanol–water partition coefficient (Wildman–Crippen LogP) is 3.42. The van der Waals surface area contributed by atoms with Crippen LogP contribution >= 0.6 is 0 Å². The summed E-state index contributed by atoms with van der Waals surface area (Å²) in [4.78, 5) is 8.72. The highest BCUT2D eigenvalue weighted by molar-refractivity contribution is 7.89. The Morgan fingerprint density at radius 1 is 1.20 bits per heavy atom. The maximum absolute atomic E-state index is 13.5.